The van der Waals surface area contributed by atoms with Crippen LogP contribution in [0.2, 0.25) is 0 Å². The first-order valence-electron chi connectivity index (χ1n) is 8.58. The lowest BCUT2D eigenvalue weighted by atomic mass is 9.95. The number of carboxylic acid groups (broad SMARTS) is 1. The molecule has 1 aromatic heterocycles. The van der Waals surface area contributed by atoms with Crippen LogP contribution in [0.4, 0.5) is 18.9 Å². The number of halogens is 3. The predicted molar refractivity (Wildman–Crippen MR) is 92.3 cm³/mol. The van der Waals surface area contributed by atoms with Crippen LogP contribution in [0.3, 0.4) is 0 Å². The molecule has 1 fully saturated rings. The number of aromatic nitrogens is 2. The molecule has 7 nitrogen and oxygen atoms in total. The molecule has 2 unspecified atom stereocenters. The molecule has 10 heteroatoms. The summed E-state index contributed by atoms with van der Waals surface area (Å²) in [5.41, 5.74) is -1.85. The summed E-state index contributed by atoms with van der Waals surface area (Å²) in [6.07, 6.45) is -3.03. The third-order valence-corrected chi connectivity index (χ3v) is 4.50. The van der Waals surface area contributed by atoms with Crippen molar-refractivity contribution in [1.29, 1.82) is 0 Å². The Bertz CT molecular complexity index is 877. The van der Waals surface area contributed by atoms with Gasteiger partial charge >= 0.3 is 12.1 Å². The first-order valence-corrected chi connectivity index (χ1v) is 8.58. The second kappa shape index (κ2) is 7.63. The highest BCUT2D eigenvalue weighted by molar-refractivity contribution is 5.92. The number of carbonyl (C=O) groups is 2. The Balaban J connectivity index is 1.80. The van der Waals surface area contributed by atoms with Gasteiger partial charge in [-0.1, -0.05) is 0 Å². The summed E-state index contributed by atoms with van der Waals surface area (Å²) in [5.74, 6) is -2.08. The maximum absolute atomic E-state index is 13.3. The number of hydrogen-bond acceptors (Lipinski definition) is 4. The second-order valence-corrected chi connectivity index (χ2v) is 6.56. The molecule has 2 atom stereocenters. The summed E-state index contributed by atoms with van der Waals surface area (Å²) in [6.45, 7) is 2.39. The summed E-state index contributed by atoms with van der Waals surface area (Å²) >= 11 is 0. The van der Waals surface area contributed by atoms with Gasteiger partial charge in [0.05, 0.1) is 18.0 Å². The zero-order chi connectivity index (χ0) is 20.5. The molecule has 0 spiro atoms. The first kappa shape index (κ1) is 19.9. The third-order valence-electron chi connectivity index (χ3n) is 4.50. The Morgan fingerprint density at radius 3 is 2.54 bits per heavy atom. The minimum absolute atomic E-state index is 0.00379. The Hall–Kier alpha value is -2.88. The molecule has 0 saturated carbocycles. The van der Waals surface area contributed by atoms with Crippen molar-refractivity contribution in [1.82, 2.24) is 9.78 Å². The van der Waals surface area contributed by atoms with Gasteiger partial charge in [-0.3, -0.25) is 4.79 Å². The topological polar surface area (TPSA) is 93.5 Å². The van der Waals surface area contributed by atoms with E-state index < -0.39 is 23.4 Å². The van der Waals surface area contributed by atoms with Gasteiger partial charge in [0.1, 0.15) is 5.56 Å². The highest BCUT2D eigenvalue weighted by Crippen LogP contribution is 2.34. The minimum atomic E-state index is -4.89. The Kier molecular flexibility index (Phi) is 5.41. The van der Waals surface area contributed by atoms with Gasteiger partial charge in [0.15, 0.2) is 5.69 Å². The molecule has 0 bridgehead atoms. The van der Waals surface area contributed by atoms with Gasteiger partial charge in [-0.15, -0.1) is 0 Å². The molecule has 3 rings (SSSR count). The number of alkyl halides is 3. The average molecular weight is 397 g/mol. The number of benzene rings is 1. The Morgan fingerprint density at radius 2 is 1.96 bits per heavy atom. The smallest absolute Gasteiger partial charge is 0.434 e. The van der Waals surface area contributed by atoms with Crippen molar-refractivity contribution in [3.8, 4) is 5.69 Å². The van der Waals surface area contributed by atoms with E-state index in [0.717, 1.165) is 0 Å². The van der Waals surface area contributed by atoms with Crippen molar-refractivity contribution < 1.29 is 32.6 Å². The number of amides is 1. The van der Waals surface area contributed by atoms with Crippen LogP contribution in [0.1, 0.15) is 35.8 Å². The van der Waals surface area contributed by atoms with Gasteiger partial charge in [-0.25, -0.2) is 9.48 Å². The molecule has 1 aliphatic heterocycles. The van der Waals surface area contributed by atoms with Crippen LogP contribution in [0, 0.1) is 5.92 Å². The lowest BCUT2D eigenvalue weighted by Crippen LogP contribution is -2.32. The number of ether oxygens (including phenoxy) is 1. The number of carboxylic acids is 1. The number of aromatic carboxylic acids is 1. The van der Waals surface area contributed by atoms with E-state index in [2.05, 4.69) is 10.4 Å². The summed E-state index contributed by atoms with van der Waals surface area (Å²) in [6, 6.07) is 5.54. The number of anilines is 1. The summed E-state index contributed by atoms with van der Waals surface area (Å²) in [5, 5.41) is 15.3. The minimum Gasteiger partial charge on any atom is -0.478 e. The Morgan fingerprint density at radius 1 is 1.29 bits per heavy atom. The molecular weight excluding hydrogens is 379 g/mol. The molecule has 150 valence electrons. The number of hydrogen-bond donors (Lipinski definition) is 2. The molecule has 1 aromatic carbocycles. The van der Waals surface area contributed by atoms with Crippen molar-refractivity contribution in [2.75, 3.05) is 11.9 Å². The summed E-state index contributed by atoms with van der Waals surface area (Å²) < 4.78 is 45.8. The van der Waals surface area contributed by atoms with Crippen molar-refractivity contribution in [2.24, 2.45) is 5.92 Å². The van der Waals surface area contributed by atoms with Crippen LogP contribution in [-0.4, -0.2) is 39.5 Å². The van der Waals surface area contributed by atoms with Crippen LogP contribution < -0.4 is 5.32 Å². The quantitative estimate of drug-likeness (QED) is 0.825. The molecule has 2 heterocycles. The molecule has 2 aromatic rings. The molecule has 2 N–H and O–H groups in total. The van der Waals surface area contributed by atoms with Crippen LogP contribution in [0.15, 0.2) is 30.5 Å². The number of rotatable bonds is 4. The lowest BCUT2D eigenvalue weighted by molar-refractivity contribution is -0.143. The maximum Gasteiger partial charge on any atom is 0.434 e. The van der Waals surface area contributed by atoms with E-state index in [1.807, 2.05) is 6.92 Å². The van der Waals surface area contributed by atoms with Gasteiger partial charge in [-0.05, 0) is 44.0 Å². The molecule has 0 radical (unpaired) electrons. The SMILES string of the molecule is CC1CC(C(=O)Nc2ccc(-n3ncc(C(=O)O)c3C(F)(F)F)cc2)CCO1. The first-order chi connectivity index (χ1) is 13.2. The summed E-state index contributed by atoms with van der Waals surface area (Å²) in [7, 11) is 0. The van der Waals surface area contributed by atoms with Gasteiger partial charge in [0, 0.05) is 18.2 Å². The fourth-order valence-electron chi connectivity index (χ4n) is 3.14. The molecule has 0 aliphatic carbocycles. The molecule has 1 saturated heterocycles. The van der Waals surface area contributed by atoms with E-state index in [-0.39, 0.29) is 23.6 Å². The van der Waals surface area contributed by atoms with Crippen LogP contribution in [0.25, 0.3) is 5.69 Å². The fourth-order valence-corrected chi connectivity index (χ4v) is 3.14. The molecule has 1 aliphatic rings. The predicted octanol–water partition coefficient (Wildman–Crippen LogP) is 3.34. The van der Waals surface area contributed by atoms with E-state index in [0.29, 0.717) is 36.0 Å². The van der Waals surface area contributed by atoms with Gasteiger partial charge in [0.2, 0.25) is 5.91 Å². The summed E-state index contributed by atoms with van der Waals surface area (Å²) in [4.78, 5) is 23.4. The zero-order valence-corrected chi connectivity index (χ0v) is 14.9. The largest absolute Gasteiger partial charge is 0.478 e. The van der Waals surface area contributed by atoms with Crippen molar-refractivity contribution in [3.05, 3.63) is 41.7 Å². The average Bonchev–Trinajstić information content (AvgIpc) is 3.08. The van der Waals surface area contributed by atoms with Crippen LogP contribution in [-0.2, 0) is 15.7 Å². The molecule has 1 amide bonds. The number of nitrogens with zero attached hydrogens (tertiary/aromatic N) is 2. The molecular formula is C18H18F3N3O4. The van der Waals surface area contributed by atoms with Gasteiger partial charge in [-0.2, -0.15) is 18.3 Å². The fraction of sp³-hybridized carbons (Fsp3) is 0.389. The van der Waals surface area contributed by atoms with E-state index in [4.69, 9.17) is 9.84 Å². The third kappa shape index (κ3) is 4.16. The van der Waals surface area contributed by atoms with E-state index in [9.17, 15) is 22.8 Å². The standard InChI is InChI=1S/C18H18F3N3O4/c1-10-8-11(6-7-28-10)16(25)23-12-2-4-13(5-3-12)24-15(18(19,20)21)14(9-22-24)17(26)27/h2-5,9-11H,6-8H2,1H3,(H,23,25)(H,26,27). The maximum atomic E-state index is 13.3. The Labute approximate surface area is 158 Å². The zero-order valence-electron chi connectivity index (χ0n) is 14.9. The van der Waals surface area contributed by atoms with E-state index in [1.165, 1.54) is 24.3 Å². The molecule has 28 heavy (non-hydrogen) atoms. The number of nitrogens with one attached hydrogen (secondary N) is 1. The van der Waals surface area contributed by atoms with Gasteiger partial charge < -0.3 is 15.2 Å². The van der Waals surface area contributed by atoms with Gasteiger partial charge in [0.25, 0.3) is 0 Å². The van der Waals surface area contributed by atoms with Crippen LogP contribution >= 0.6 is 0 Å². The highest BCUT2D eigenvalue weighted by Gasteiger charge is 2.40. The second-order valence-electron chi connectivity index (χ2n) is 6.56. The van der Waals surface area contributed by atoms with E-state index in [1.54, 1.807) is 0 Å². The van der Waals surface area contributed by atoms with E-state index >= 15 is 0 Å². The van der Waals surface area contributed by atoms with Crippen molar-refractivity contribution in [3.63, 3.8) is 0 Å². The number of carbonyl (C=O) groups excluding carboxylic acids is 1. The van der Waals surface area contributed by atoms with Crippen molar-refractivity contribution >= 4 is 17.6 Å². The van der Waals surface area contributed by atoms with Crippen LogP contribution in [0.5, 0.6) is 0 Å². The lowest BCUT2D eigenvalue weighted by Gasteiger charge is -2.26. The van der Waals surface area contributed by atoms with Crippen molar-refractivity contribution in [2.45, 2.75) is 32.0 Å². The monoisotopic (exact) mass is 397 g/mol. The highest BCUT2D eigenvalue weighted by atomic mass is 19.4. The normalized spacial score (nSPS) is 20.0.